The van der Waals surface area contributed by atoms with E-state index in [9.17, 15) is 4.79 Å². The van der Waals surface area contributed by atoms with Crippen LogP contribution in [-0.2, 0) is 4.79 Å². The van der Waals surface area contributed by atoms with Gasteiger partial charge in [0.2, 0.25) is 5.91 Å². The lowest BCUT2D eigenvalue weighted by atomic mass is 10.1. The zero-order chi connectivity index (χ0) is 13.8. The third-order valence-electron chi connectivity index (χ3n) is 3.81. The third-order valence-corrected chi connectivity index (χ3v) is 4.75. The highest BCUT2D eigenvalue weighted by Crippen LogP contribution is 2.20. The number of hydrogen-bond donors (Lipinski definition) is 1. The first-order valence-electron chi connectivity index (χ1n) is 7.14. The van der Waals surface area contributed by atoms with E-state index in [1.807, 2.05) is 35.2 Å². The first-order chi connectivity index (χ1) is 9.83. The van der Waals surface area contributed by atoms with Gasteiger partial charge in [0.15, 0.2) is 0 Å². The number of thioether (sulfide) groups is 1. The van der Waals surface area contributed by atoms with Crippen molar-refractivity contribution in [2.75, 3.05) is 24.7 Å². The van der Waals surface area contributed by atoms with Gasteiger partial charge < -0.3 is 9.64 Å². The van der Waals surface area contributed by atoms with E-state index in [0.29, 0.717) is 0 Å². The number of carbonyl (C=O) groups excluding carboxylic acids is 1. The van der Waals surface area contributed by atoms with Gasteiger partial charge in [0.25, 0.3) is 0 Å². The number of hydrogen-bond acceptors (Lipinski definition) is 4. The zero-order valence-corrected chi connectivity index (χ0v) is 13.5. The van der Waals surface area contributed by atoms with Crippen molar-refractivity contribution < 1.29 is 9.53 Å². The van der Waals surface area contributed by atoms with Gasteiger partial charge in [-0.2, -0.15) is 0 Å². The van der Waals surface area contributed by atoms with Crippen molar-refractivity contribution in [1.82, 2.24) is 10.2 Å². The van der Waals surface area contributed by atoms with Crippen LogP contribution in [0.15, 0.2) is 30.3 Å². The van der Waals surface area contributed by atoms with Crippen LogP contribution in [0.25, 0.3) is 0 Å². The number of ether oxygens (including phenoxy) is 1. The van der Waals surface area contributed by atoms with Crippen LogP contribution in [0.3, 0.4) is 0 Å². The summed E-state index contributed by atoms with van der Waals surface area (Å²) in [5, 5.41) is 3.25. The maximum Gasteiger partial charge on any atom is 0.240 e. The fourth-order valence-electron chi connectivity index (χ4n) is 2.66. The summed E-state index contributed by atoms with van der Waals surface area (Å²) >= 11 is 1.79. The van der Waals surface area contributed by atoms with Gasteiger partial charge in [-0.25, -0.2) is 0 Å². The van der Waals surface area contributed by atoms with Crippen LogP contribution in [0.1, 0.15) is 12.8 Å². The van der Waals surface area contributed by atoms with Crippen molar-refractivity contribution in [3.8, 4) is 5.75 Å². The van der Waals surface area contributed by atoms with Crippen molar-refractivity contribution >= 4 is 30.1 Å². The number of nitrogens with one attached hydrogen (secondary N) is 1. The average Bonchev–Trinajstić information content (AvgIpc) is 3.03. The van der Waals surface area contributed by atoms with Crippen molar-refractivity contribution in [3.05, 3.63) is 30.3 Å². The Morgan fingerprint density at radius 2 is 1.95 bits per heavy atom. The van der Waals surface area contributed by atoms with Crippen LogP contribution in [0.5, 0.6) is 5.75 Å². The lowest BCUT2D eigenvalue weighted by Gasteiger charge is -2.33. The van der Waals surface area contributed by atoms with Gasteiger partial charge in [0.05, 0.1) is 6.04 Å². The molecule has 6 heteroatoms. The summed E-state index contributed by atoms with van der Waals surface area (Å²) in [6.45, 7) is 1.61. The monoisotopic (exact) mass is 328 g/mol. The fourth-order valence-corrected chi connectivity index (χ4v) is 3.59. The maximum atomic E-state index is 12.3. The highest BCUT2D eigenvalue weighted by molar-refractivity contribution is 7.99. The quantitative estimate of drug-likeness (QED) is 0.923. The first-order valence-corrected chi connectivity index (χ1v) is 8.30. The van der Waals surface area contributed by atoms with E-state index >= 15 is 0 Å². The predicted molar refractivity (Wildman–Crippen MR) is 88.2 cm³/mol. The molecule has 0 spiro atoms. The van der Waals surface area contributed by atoms with Gasteiger partial charge in [0, 0.05) is 37.6 Å². The third kappa shape index (κ3) is 4.28. The van der Waals surface area contributed by atoms with Gasteiger partial charge in [-0.05, 0) is 12.1 Å². The molecule has 2 aliphatic heterocycles. The number of piperidine rings is 1. The van der Waals surface area contributed by atoms with Crippen LogP contribution in [-0.4, -0.2) is 47.7 Å². The molecule has 1 unspecified atom stereocenters. The number of amides is 1. The second-order valence-electron chi connectivity index (χ2n) is 5.23. The molecule has 2 fully saturated rings. The molecular weight excluding hydrogens is 308 g/mol. The van der Waals surface area contributed by atoms with Crippen molar-refractivity contribution in [2.45, 2.75) is 25.0 Å². The largest absolute Gasteiger partial charge is 0.490 e. The van der Waals surface area contributed by atoms with Gasteiger partial charge in [-0.1, -0.05) is 18.2 Å². The zero-order valence-electron chi connectivity index (χ0n) is 11.9. The van der Waals surface area contributed by atoms with E-state index in [-0.39, 0.29) is 30.5 Å². The molecule has 0 radical (unpaired) electrons. The molecule has 2 heterocycles. The van der Waals surface area contributed by atoms with Crippen LogP contribution < -0.4 is 10.1 Å². The van der Waals surface area contributed by atoms with Gasteiger partial charge in [0.1, 0.15) is 11.9 Å². The molecule has 0 bridgehead atoms. The van der Waals surface area contributed by atoms with E-state index in [1.54, 1.807) is 11.8 Å². The summed E-state index contributed by atoms with van der Waals surface area (Å²) in [5.74, 6) is 2.97. The normalized spacial score (nSPS) is 22.7. The standard InChI is InChI=1S/C15H20N2O2S.ClH/c18-15(14-10-20-11-16-14)17-8-6-13(7-9-17)19-12-4-2-1-3-5-12;/h1-5,13-14,16H,6-11H2;1H. The van der Waals surface area contributed by atoms with Crippen LogP contribution in [0.4, 0.5) is 0 Å². The van der Waals surface area contributed by atoms with Crippen LogP contribution in [0, 0.1) is 0 Å². The minimum atomic E-state index is 0. The second kappa shape index (κ2) is 7.92. The van der Waals surface area contributed by atoms with E-state index in [2.05, 4.69) is 5.32 Å². The molecule has 4 nitrogen and oxygen atoms in total. The Labute approximate surface area is 136 Å². The minimum Gasteiger partial charge on any atom is -0.490 e. The summed E-state index contributed by atoms with van der Waals surface area (Å²) in [6.07, 6.45) is 2.06. The number of halogens is 1. The van der Waals surface area contributed by atoms with E-state index < -0.39 is 0 Å². The fraction of sp³-hybridized carbons (Fsp3) is 0.533. The molecule has 1 N–H and O–H groups in total. The average molecular weight is 329 g/mol. The molecule has 0 saturated carbocycles. The Kier molecular flexibility index (Phi) is 6.21. The maximum absolute atomic E-state index is 12.3. The molecule has 1 atom stereocenters. The molecule has 0 aliphatic carbocycles. The lowest BCUT2D eigenvalue weighted by molar-refractivity contribution is -0.134. The van der Waals surface area contributed by atoms with Crippen LogP contribution in [0.2, 0.25) is 0 Å². The van der Waals surface area contributed by atoms with Gasteiger partial charge >= 0.3 is 0 Å². The Bertz CT molecular complexity index is 446. The molecular formula is C15H21ClN2O2S. The Morgan fingerprint density at radius 3 is 2.57 bits per heavy atom. The number of benzene rings is 1. The molecule has 1 aromatic rings. The number of rotatable bonds is 3. The second-order valence-corrected chi connectivity index (χ2v) is 6.26. The summed E-state index contributed by atoms with van der Waals surface area (Å²) in [6, 6.07) is 9.94. The number of likely N-dealkylation sites (tertiary alicyclic amines) is 1. The van der Waals surface area contributed by atoms with Crippen molar-refractivity contribution in [3.63, 3.8) is 0 Å². The van der Waals surface area contributed by atoms with Crippen molar-refractivity contribution in [1.29, 1.82) is 0 Å². The van der Waals surface area contributed by atoms with E-state index in [1.165, 1.54) is 0 Å². The van der Waals surface area contributed by atoms with Crippen LogP contribution >= 0.6 is 24.2 Å². The number of carbonyl (C=O) groups is 1. The minimum absolute atomic E-state index is 0. The van der Waals surface area contributed by atoms with E-state index in [0.717, 1.165) is 43.3 Å². The van der Waals surface area contributed by atoms with Gasteiger partial charge in [-0.15, -0.1) is 24.2 Å². The Hall–Kier alpha value is -0.910. The number of para-hydroxylation sites is 1. The molecule has 1 amide bonds. The highest BCUT2D eigenvalue weighted by Gasteiger charge is 2.30. The molecule has 2 aliphatic rings. The molecule has 1 aromatic carbocycles. The summed E-state index contributed by atoms with van der Waals surface area (Å²) in [5.41, 5.74) is 0. The first kappa shape index (κ1) is 16.5. The predicted octanol–water partition coefficient (Wildman–Crippen LogP) is 2.14. The summed E-state index contributed by atoms with van der Waals surface area (Å²) < 4.78 is 5.95. The number of nitrogens with zero attached hydrogens (tertiary/aromatic N) is 1. The molecule has 116 valence electrons. The van der Waals surface area contributed by atoms with Gasteiger partial charge in [-0.3, -0.25) is 10.1 Å². The highest BCUT2D eigenvalue weighted by atomic mass is 35.5. The van der Waals surface area contributed by atoms with Crippen molar-refractivity contribution in [2.24, 2.45) is 0 Å². The molecule has 3 rings (SSSR count). The smallest absolute Gasteiger partial charge is 0.240 e. The molecule has 0 aromatic heterocycles. The molecule has 2 saturated heterocycles. The summed E-state index contributed by atoms with van der Waals surface area (Å²) in [4.78, 5) is 14.3. The summed E-state index contributed by atoms with van der Waals surface area (Å²) in [7, 11) is 0. The topological polar surface area (TPSA) is 41.6 Å². The Balaban J connectivity index is 0.00000161. The molecule has 21 heavy (non-hydrogen) atoms. The van der Waals surface area contributed by atoms with E-state index in [4.69, 9.17) is 4.74 Å². The lowest BCUT2D eigenvalue weighted by Crippen LogP contribution is -2.49. The Morgan fingerprint density at radius 1 is 1.24 bits per heavy atom. The SMILES string of the molecule is Cl.O=C(C1CSCN1)N1CCC(Oc2ccccc2)CC1.